The van der Waals surface area contributed by atoms with Crippen molar-refractivity contribution >= 4 is 16.9 Å². The van der Waals surface area contributed by atoms with Crippen LogP contribution in [0.25, 0.3) is 22.3 Å². The van der Waals surface area contributed by atoms with E-state index in [4.69, 9.17) is 19.2 Å². The average Bonchev–Trinajstić information content (AvgIpc) is 3.24. The van der Waals surface area contributed by atoms with Crippen LogP contribution in [0.5, 0.6) is 0 Å². The van der Waals surface area contributed by atoms with E-state index < -0.39 is 17.9 Å². The van der Waals surface area contributed by atoms with Gasteiger partial charge in [-0.05, 0) is 31.4 Å². The van der Waals surface area contributed by atoms with Gasteiger partial charge in [-0.3, -0.25) is 4.79 Å². The fraction of sp³-hybridized carbons (Fsp3) is 0.444. The van der Waals surface area contributed by atoms with Crippen molar-refractivity contribution in [3.05, 3.63) is 62.9 Å². The standard InChI is InChI=1S/C27H30N2O6/c1-4-11-33-25(34-12-5-2)22-16-9-7-8-10-20(16)28-23-17(22)14-29-21(23)13-19-18(24(29)30)15-35-26(31)27(19,32)6-3/h7-10,13,25,32H,4-6,11-12,14-15H2,1-3H3/t27-/m0/s1. The third kappa shape index (κ3) is 3.67. The molecule has 1 aromatic carbocycles. The molecule has 0 spiro atoms. The lowest BCUT2D eigenvalue weighted by Crippen LogP contribution is -2.44. The van der Waals surface area contributed by atoms with Gasteiger partial charge < -0.3 is 23.9 Å². The molecule has 0 amide bonds. The molecular weight excluding hydrogens is 448 g/mol. The maximum atomic E-state index is 13.6. The summed E-state index contributed by atoms with van der Waals surface area (Å²) in [4.78, 5) is 30.9. The Kier molecular flexibility index (Phi) is 6.21. The molecule has 2 aromatic heterocycles. The quantitative estimate of drug-likeness (QED) is 0.303. The van der Waals surface area contributed by atoms with Crippen LogP contribution in [0.4, 0.5) is 0 Å². The summed E-state index contributed by atoms with van der Waals surface area (Å²) in [6.07, 6.45) is 1.18. The van der Waals surface area contributed by atoms with Crippen molar-refractivity contribution in [3.8, 4) is 11.4 Å². The number of aromatic nitrogens is 2. The van der Waals surface area contributed by atoms with Crippen LogP contribution >= 0.6 is 0 Å². The normalized spacial score (nSPS) is 18.5. The van der Waals surface area contributed by atoms with Gasteiger partial charge in [0.1, 0.15) is 6.61 Å². The van der Waals surface area contributed by atoms with E-state index in [1.165, 1.54) is 0 Å². The number of esters is 1. The molecule has 8 nitrogen and oxygen atoms in total. The molecule has 1 N–H and O–H groups in total. The number of rotatable bonds is 8. The molecule has 0 saturated carbocycles. The SMILES string of the molecule is CCCOC(OCCC)c1c2c(nc3ccccc13)-c1cc3c(c(=O)n1C2)COC(=O)[C@]3(O)CC. The van der Waals surface area contributed by atoms with Crippen molar-refractivity contribution in [2.45, 2.75) is 65.1 Å². The van der Waals surface area contributed by atoms with Crippen molar-refractivity contribution in [2.75, 3.05) is 13.2 Å². The highest BCUT2D eigenvalue weighted by Crippen LogP contribution is 2.42. The Morgan fingerprint density at radius 3 is 2.51 bits per heavy atom. The third-order valence-corrected chi connectivity index (χ3v) is 6.82. The summed E-state index contributed by atoms with van der Waals surface area (Å²) < 4.78 is 19.2. The molecule has 8 heteroatoms. The molecule has 0 saturated heterocycles. The Bertz CT molecular complexity index is 1360. The van der Waals surface area contributed by atoms with Crippen molar-refractivity contribution in [1.82, 2.24) is 9.55 Å². The molecule has 35 heavy (non-hydrogen) atoms. The minimum absolute atomic E-state index is 0.1000. The van der Waals surface area contributed by atoms with E-state index >= 15 is 0 Å². The number of ether oxygens (including phenoxy) is 3. The van der Waals surface area contributed by atoms with E-state index in [0.717, 1.165) is 34.9 Å². The number of cyclic esters (lactones) is 1. The zero-order chi connectivity index (χ0) is 24.7. The van der Waals surface area contributed by atoms with E-state index in [1.54, 1.807) is 17.6 Å². The van der Waals surface area contributed by atoms with Gasteiger partial charge >= 0.3 is 5.97 Å². The maximum Gasteiger partial charge on any atom is 0.343 e. The lowest BCUT2D eigenvalue weighted by atomic mass is 9.86. The van der Waals surface area contributed by atoms with Crippen LogP contribution in [0.1, 0.15) is 68.6 Å². The molecule has 0 radical (unpaired) electrons. The van der Waals surface area contributed by atoms with Crippen LogP contribution in [0.15, 0.2) is 35.1 Å². The number of nitrogens with zero attached hydrogens (tertiary/aromatic N) is 2. The first-order chi connectivity index (χ1) is 16.9. The fourth-order valence-electron chi connectivity index (χ4n) is 4.99. The minimum atomic E-state index is -1.86. The number of carbonyl (C=O) groups excluding carboxylic acids is 1. The third-order valence-electron chi connectivity index (χ3n) is 6.82. The van der Waals surface area contributed by atoms with E-state index in [2.05, 4.69) is 0 Å². The molecule has 0 unspecified atom stereocenters. The molecule has 4 heterocycles. The molecule has 0 bridgehead atoms. The van der Waals surface area contributed by atoms with Crippen molar-refractivity contribution < 1.29 is 24.1 Å². The average molecular weight is 479 g/mol. The number of carbonyl (C=O) groups is 1. The zero-order valence-corrected chi connectivity index (χ0v) is 20.3. The Morgan fingerprint density at radius 1 is 1.11 bits per heavy atom. The second kappa shape index (κ2) is 9.18. The lowest BCUT2D eigenvalue weighted by molar-refractivity contribution is -0.172. The van der Waals surface area contributed by atoms with E-state index in [-0.39, 0.29) is 18.6 Å². The Hall–Kier alpha value is -3.07. The Labute approximate surface area is 203 Å². The first-order valence-electron chi connectivity index (χ1n) is 12.3. The number of benzene rings is 1. The molecule has 0 fully saturated rings. The van der Waals surface area contributed by atoms with Crippen molar-refractivity contribution in [2.24, 2.45) is 0 Å². The van der Waals surface area contributed by atoms with Crippen LogP contribution in [0.2, 0.25) is 0 Å². The number of fused-ring (bicyclic) bond motifs is 5. The number of pyridine rings is 2. The van der Waals surface area contributed by atoms with Crippen LogP contribution in [-0.4, -0.2) is 33.8 Å². The molecule has 3 aromatic rings. The first kappa shape index (κ1) is 23.7. The number of aliphatic hydroxyl groups is 1. The van der Waals surface area contributed by atoms with Gasteiger partial charge in [-0.15, -0.1) is 0 Å². The van der Waals surface area contributed by atoms with Crippen LogP contribution in [0, 0.1) is 0 Å². The Morgan fingerprint density at radius 2 is 1.83 bits per heavy atom. The highest BCUT2D eigenvalue weighted by atomic mass is 16.7. The van der Waals surface area contributed by atoms with E-state index in [9.17, 15) is 14.7 Å². The minimum Gasteiger partial charge on any atom is -0.458 e. The molecule has 184 valence electrons. The van der Waals surface area contributed by atoms with E-state index in [0.29, 0.717) is 42.3 Å². The lowest BCUT2D eigenvalue weighted by Gasteiger charge is -2.31. The summed E-state index contributed by atoms with van der Waals surface area (Å²) in [5, 5.41) is 12.0. The van der Waals surface area contributed by atoms with Gasteiger partial charge in [0.05, 0.1) is 29.0 Å². The number of hydrogen-bond donors (Lipinski definition) is 1. The van der Waals surface area contributed by atoms with Gasteiger partial charge in [-0.25, -0.2) is 9.78 Å². The summed E-state index contributed by atoms with van der Waals surface area (Å²) in [5.41, 5.74) is 2.15. The molecule has 0 aliphatic carbocycles. The topological polar surface area (TPSA) is 99.9 Å². The van der Waals surface area contributed by atoms with Crippen LogP contribution in [0.3, 0.4) is 0 Å². The van der Waals surface area contributed by atoms with Gasteiger partial charge in [0.2, 0.25) is 0 Å². The van der Waals surface area contributed by atoms with Crippen LogP contribution in [-0.2, 0) is 37.8 Å². The van der Waals surface area contributed by atoms with Crippen molar-refractivity contribution in [1.29, 1.82) is 0 Å². The van der Waals surface area contributed by atoms with Crippen molar-refractivity contribution in [3.63, 3.8) is 0 Å². The van der Waals surface area contributed by atoms with Gasteiger partial charge in [0.25, 0.3) is 5.56 Å². The highest BCUT2D eigenvalue weighted by Gasteiger charge is 2.45. The van der Waals surface area contributed by atoms with Gasteiger partial charge in [-0.1, -0.05) is 39.0 Å². The highest BCUT2D eigenvalue weighted by molar-refractivity contribution is 5.89. The number of hydrogen-bond acceptors (Lipinski definition) is 7. The number of para-hydroxylation sites is 1. The maximum absolute atomic E-state index is 13.6. The predicted molar refractivity (Wildman–Crippen MR) is 130 cm³/mol. The summed E-state index contributed by atoms with van der Waals surface area (Å²) >= 11 is 0. The predicted octanol–water partition coefficient (Wildman–Crippen LogP) is 3.93. The zero-order valence-electron chi connectivity index (χ0n) is 20.3. The molecule has 2 aliphatic heterocycles. The molecular formula is C27H30N2O6. The largest absolute Gasteiger partial charge is 0.458 e. The summed E-state index contributed by atoms with van der Waals surface area (Å²) in [6, 6.07) is 9.52. The summed E-state index contributed by atoms with van der Waals surface area (Å²) in [7, 11) is 0. The van der Waals surface area contributed by atoms with Gasteiger partial charge in [-0.2, -0.15) is 0 Å². The Balaban J connectivity index is 1.76. The fourth-order valence-corrected chi connectivity index (χ4v) is 4.99. The second-order valence-electron chi connectivity index (χ2n) is 9.05. The smallest absolute Gasteiger partial charge is 0.343 e. The molecule has 1 atom stereocenters. The second-order valence-corrected chi connectivity index (χ2v) is 9.05. The van der Waals surface area contributed by atoms with Gasteiger partial charge in [0, 0.05) is 35.3 Å². The molecule has 2 aliphatic rings. The first-order valence-corrected chi connectivity index (χ1v) is 12.3. The monoisotopic (exact) mass is 478 g/mol. The summed E-state index contributed by atoms with van der Waals surface area (Å²) in [5.74, 6) is -0.733. The summed E-state index contributed by atoms with van der Waals surface area (Å²) in [6.45, 7) is 6.99. The molecule has 5 rings (SSSR count). The van der Waals surface area contributed by atoms with Crippen LogP contribution < -0.4 is 5.56 Å². The van der Waals surface area contributed by atoms with E-state index in [1.807, 2.05) is 38.1 Å². The van der Waals surface area contributed by atoms with Gasteiger partial charge in [0.15, 0.2) is 11.9 Å².